The molecule has 6 nitrogen and oxygen atoms in total. The van der Waals surface area contributed by atoms with E-state index in [9.17, 15) is 14.3 Å². The summed E-state index contributed by atoms with van der Waals surface area (Å²) in [6.07, 6.45) is -1.09. The van der Waals surface area contributed by atoms with Crippen LogP contribution in [-0.2, 0) is 9.53 Å². The van der Waals surface area contributed by atoms with Gasteiger partial charge in [-0.1, -0.05) is 6.58 Å². The molecule has 0 bridgehead atoms. The molecule has 2 heterocycles. The lowest BCUT2D eigenvalue weighted by Gasteiger charge is -2.35. The molecule has 0 aromatic heterocycles. The van der Waals surface area contributed by atoms with Crippen molar-refractivity contribution in [2.24, 2.45) is 0 Å². The summed E-state index contributed by atoms with van der Waals surface area (Å²) in [5.74, 6) is -0.212. The van der Waals surface area contributed by atoms with Crippen LogP contribution in [0.5, 0.6) is 0 Å². The lowest BCUT2D eigenvalue weighted by Crippen LogP contribution is -2.51. The maximum absolute atomic E-state index is 14.4. The van der Waals surface area contributed by atoms with Crippen molar-refractivity contribution in [2.45, 2.75) is 31.0 Å². The van der Waals surface area contributed by atoms with Gasteiger partial charge in [-0.05, 0) is 6.92 Å². The van der Waals surface area contributed by atoms with Crippen LogP contribution in [0, 0.1) is 0 Å². The summed E-state index contributed by atoms with van der Waals surface area (Å²) in [5, 5.41) is 21.1. The molecule has 4 atom stereocenters. The van der Waals surface area contributed by atoms with Gasteiger partial charge in [0.25, 0.3) is 5.91 Å². The molecule has 2 aliphatic heterocycles. The zero-order valence-corrected chi connectivity index (χ0v) is 9.84. The summed E-state index contributed by atoms with van der Waals surface area (Å²) in [4.78, 5) is 12.3. The van der Waals surface area contributed by atoms with Crippen molar-refractivity contribution in [2.75, 3.05) is 6.61 Å². The molecule has 1 amide bonds. The van der Waals surface area contributed by atoms with Crippen LogP contribution in [0.15, 0.2) is 24.7 Å². The Morgan fingerprint density at radius 1 is 1.72 bits per heavy atom. The molecule has 0 spiro atoms. The number of nitrogens with one attached hydrogen (secondary N) is 1. The summed E-state index contributed by atoms with van der Waals surface area (Å²) in [7, 11) is 0. The Hall–Kier alpha value is -1.44. The first-order valence-corrected chi connectivity index (χ1v) is 5.47. The van der Waals surface area contributed by atoms with Crippen molar-refractivity contribution in [1.29, 1.82) is 0 Å². The van der Waals surface area contributed by atoms with Crippen LogP contribution in [0.1, 0.15) is 6.92 Å². The van der Waals surface area contributed by atoms with Gasteiger partial charge in [0.15, 0.2) is 11.9 Å². The van der Waals surface area contributed by atoms with Crippen LogP contribution in [0.3, 0.4) is 0 Å². The van der Waals surface area contributed by atoms with E-state index in [0.717, 1.165) is 0 Å². The first-order chi connectivity index (χ1) is 8.37. The highest BCUT2D eigenvalue weighted by atomic mass is 19.1. The number of carbonyl (C=O) groups is 1. The quantitative estimate of drug-likeness (QED) is 0.604. The Kier molecular flexibility index (Phi) is 3.14. The highest BCUT2D eigenvalue weighted by Crippen LogP contribution is 2.37. The molecule has 2 aliphatic rings. The first-order valence-electron chi connectivity index (χ1n) is 5.47. The number of hydrogen-bond donors (Lipinski definition) is 3. The molecule has 0 saturated carbocycles. The highest BCUT2D eigenvalue weighted by molar-refractivity contribution is 5.89. The number of hydrogen-bond acceptors (Lipinski definition) is 5. The maximum atomic E-state index is 14.4. The molecule has 1 saturated heterocycles. The van der Waals surface area contributed by atoms with Crippen molar-refractivity contribution in [1.82, 2.24) is 10.2 Å². The van der Waals surface area contributed by atoms with Crippen LogP contribution in [0.2, 0.25) is 0 Å². The fourth-order valence-electron chi connectivity index (χ4n) is 2.07. The van der Waals surface area contributed by atoms with Crippen LogP contribution in [-0.4, -0.2) is 51.7 Å². The van der Waals surface area contributed by atoms with Crippen LogP contribution < -0.4 is 5.32 Å². The Morgan fingerprint density at radius 3 is 2.89 bits per heavy atom. The molecule has 2 rings (SSSR count). The number of nitrogens with zero attached hydrogens (tertiary/aromatic N) is 1. The number of halogens is 1. The molecule has 0 radical (unpaired) electrons. The summed E-state index contributed by atoms with van der Waals surface area (Å²) in [6, 6.07) is 0. The molecule has 0 aliphatic carbocycles. The largest absolute Gasteiger partial charge is 0.394 e. The number of carbonyl (C=O) groups excluding carboxylic acids is 1. The minimum absolute atomic E-state index is 0.155. The van der Waals surface area contributed by atoms with E-state index in [-0.39, 0.29) is 11.7 Å². The van der Waals surface area contributed by atoms with E-state index in [1.807, 2.05) is 0 Å². The van der Waals surface area contributed by atoms with Gasteiger partial charge in [-0.25, -0.2) is 4.39 Å². The molecule has 3 N–H and O–H groups in total. The molecule has 100 valence electrons. The molecule has 0 aromatic carbocycles. The number of amides is 1. The molecule has 0 aromatic rings. The van der Waals surface area contributed by atoms with Crippen LogP contribution >= 0.6 is 0 Å². The Morgan fingerprint density at radius 2 is 2.39 bits per heavy atom. The van der Waals surface area contributed by atoms with E-state index in [1.54, 1.807) is 0 Å². The second kappa shape index (κ2) is 4.34. The van der Waals surface area contributed by atoms with Crippen molar-refractivity contribution >= 4 is 5.91 Å². The standard InChI is InChI=1S/C11H15FN2O4/c1-6-13-8(16)3-4-14(6)10-11(2,12)9(17)7(5-15)18-10/h3-4,7,9-10,15,17H,1,5H2,2H3,(H,13,16)/t7-,9?,10-,11+/m1/s1. The molecule has 7 heteroatoms. The van der Waals surface area contributed by atoms with Crippen LogP contribution in [0.4, 0.5) is 4.39 Å². The summed E-state index contributed by atoms with van der Waals surface area (Å²) >= 11 is 0. The predicted octanol–water partition coefficient (Wildman–Crippen LogP) is -0.791. The maximum Gasteiger partial charge on any atom is 0.250 e. The molecular weight excluding hydrogens is 243 g/mol. The number of aliphatic hydroxyl groups excluding tert-OH is 2. The Labute approximate surface area is 103 Å². The van der Waals surface area contributed by atoms with Gasteiger partial charge in [-0.2, -0.15) is 0 Å². The van der Waals surface area contributed by atoms with Crippen molar-refractivity contribution < 1.29 is 24.1 Å². The van der Waals surface area contributed by atoms with E-state index in [4.69, 9.17) is 9.84 Å². The van der Waals surface area contributed by atoms with Gasteiger partial charge < -0.3 is 25.2 Å². The lowest BCUT2D eigenvalue weighted by molar-refractivity contribution is -0.119. The van der Waals surface area contributed by atoms with Gasteiger partial charge in [0.05, 0.1) is 6.61 Å². The summed E-state index contributed by atoms with van der Waals surface area (Å²) in [6.45, 7) is 4.27. The van der Waals surface area contributed by atoms with Crippen molar-refractivity contribution in [3.05, 3.63) is 24.7 Å². The zero-order chi connectivity index (χ0) is 13.5. The third-order valence-electron chi connectivity index (χ3n) is 3.12. The topological polar surface area (TPSA) is 82.0 Å². The van der Waals surface area contributed by atoms with E-state index in [1.165, 1.54) is 24.1 Å². The first kappa shape index (κ1) is 13.0. The Bertz CT molecular complexity index is 410. The van der Waals surface area contributed by atoms with E-state index in [0.29, 0.717) is 0 Å². The zero-order valence-electron chi connectivity index (χ0n) is 9.84. The van der Waals surface area contributed by atoms with Gasteiger partial charge >= 0.3 is 0 Å². The predicted molar refractivity (Wildman–Crippen MR) is 59.5 cm³/mol. The van der Waals surface area contributed by atoms with E-state index >= 15 is 0 Å². The average Bonchev–Trinajstić information content (AvgIpc) is 2.52. The number of rotatable bonds is 2. The monoisotopic (exact) mass is 258 g/mol. The van der Waals surface area contributed by atoms with Crippen molar-refractivity contribution in [3.8, 4) is 0 Å². The molecule has 1 fully saturated rings. The fraction of sp³-hybridized carbons (Fsp3) is 0.545. The SMILES string of the molecule is C=C1NC(=O)C=CN1[C@@H]1O[C@H](CO)C(O)[C@]1(C)F. The number of ether oxygens (including phenoxy) is 1. The fourth-order valence-corrected chi connectivity index (χ4v) is 2.07. The molecule has 1 unspecified atom stereocenters. The third-order valence-corrected chi connectivity index (χ3v) is 3.12. The Balaban J connectivity index is 2.26. The van der Waals surface area contributed by atoms with Gasteiger partial charge in [0.1, 0.15) is 18.0 Å². The second-order valence-electron chi connectivity index (χ2n) is 4.46. The third kappa shape index (κ3) is 1.90. The second-order valence-corrected chi connectivity index (χ2v) is 4.46. The van der Waals surface area contributed by atoms with Gasteiger partial charge in [-0.15, -0.1) is 0 Å². The van der Waals surface area contributed by atoms with E-state index in [2.05, 4.69) is 11.9 Å². The number of aliphatic hydroxyl groups is 2. The number of alkyl halides is 1. The van der Waals surface area contributed by atoms with Gasteiger partial charge in [0.2, 0.25) is 0 Å². The summed E-state index contributed by atoms with van der Waals surface area (Å²) < 4.78 is 19.7. The highest BCUT2D eigenvalue weighted by Gasteiger charge is 2.56. The van der Waals surface area contributed by atoms with Crippen molar-refractivity contribution in [3.63, 3.8) is 0 Å². The normalized spacial score (nSPS) is 40.2. The lowest BCUT2D eigenvalue weighted by atomic mass is 9.98. The minimum atomic E-state index is -2.09. The van der Waals surface area contributed by atoms with Crippen LogP contribution in [0.25, 0.3) is 0 Å². The molecular formula is C11H15FN2O4. The smallest absolute Gasteiger partial charge is 0.250 e. The summed E-state index contributed by atoms with van der Waals surface area (Å²) in [5.41, 5.74) is -2.09. The minimum Gasteiger partial charge on any atom is -0.394 e. The van der Waals surface area contributed by atoms with Gasteiger partial charge in [-0.3, -0.25) is 4.79 Å². The average molecular weight is 258 g/mol. The van der Waals surface area contributed by atoms with E-state index < -0.39 is 30.7 Å². The van der Waals surface area contributed by atoms with Gasteiger partial charge in [0, 0.05) is 12.3 Å². The molecule has 18 heavy (non-hydrogen) atoms.